The Bertz CT molecular complexity index is 439. The van der Waals surface area contributed by atoms with Gasteiger partial charge in [0.15, 0.2) is 0 Å². The Kier molecular flexibility index (Phi) is 6.56. The summed E-state index contributed by atoms with van der Waals surface area (Å²) in [6, 6.07) is 6.98. The SMILES string of the molecule is CC1CCC(NCCOc2ccc(Br)cc2C(C)C)CC1. The summed E-state index contributed by atoms with van der Waals surface area (Å²) in [5.41, 5.74) is 1.27. The largest absolute Gasteiger partial charge is 0.492 e. The van der Waals surface area contributed by atoms with E-state index < -0.39 is 0 Å². The summed E-state index contributed by atoms with van der Waals surface area (Å²) in [7, 11) is 0. The molecule has 2 rings (SSSR count). The molecule has 0 atom stereocenters. The second-order valence-electron chi connectivity index (χ2n) is 6.60. The highest BCUT2D eigenvalue weighted by Crippen LogP contribution is 2.29. The first kappa shape index (κ1) is 16.8. The first-order chi connectivity index (χ1) is 10.1. The van der Waals surface area contributed by atoms with Gasteiger partial charge in [-0.2, -0.15) is 0 Å². The van der Waals surface area contributed by atoms with Gasteiger partial charge in [-0.3, -0.25) is 0 Å². The van der Waals surface area contributed by atoms with Gasteiger partial charge in [0, 0.05) is 17.1 Å². The molecule has 1 aromatic rings. The van der Waals surface area contributed by atoms with Crippen LogP contribution in [0.25, 0.3) is 0 Å². The Balaban J connectivity index is 1.76. The average molecular weight is 354 g/mol. The summed E-state index contributed by atoms with van der Waals surface area (Å²) >= 11 is 3.54. The lowest BCUT2D eigenvalue weighted by Gasteiger charge is -2.27. The van der Waals surface area contributed by atoms with Gasteiger partial charge < -0.3 is 10.1 Å². The quantitative estimate of drug-likeness (QED) is 0.716. The number of ether oxygens (including phenoxy) is 1. The molecule has 3 heteroatoms. The third kappa shape index (κ3) is 5.30. The van der Waals surface area contributed by atoms with Crippen LogP contribution in [0.3, 0.4) is 0 Å². The molecule has 0 bridgehead atoms. The van der Waals surface area contributed by atoms with E-state index in [0.29, 0.717) is 12.0 Å². The lowest BCUT2D eigenvalue weighted by Crippen LogP contribution is -2.35. The third-order valence-corrected chi connectivity index (χ3v) is 4.90. The number of benzene rings is 1. The molecule has 0 spiro atoms. The van der Waals surface area contributed by atoms with E-state index in [1.54, 1.807) is 0 Å². The van der Waals surface area contributed by atoms with E-state index in [-0.39, 0.29) is 0 Å². The maximum atomic E-state index is 5.98. The summed E-state index contributed by atoms with van der Waals surface area (Å²) < 4.78 is 7.10. The zero-order chi connectivity index (χ0) is 15.2. The third-order valence-electron chi connectivity index (χ3n) is 4.40. The minimum atomic E-state index is 0.477. The van der Waals surface area contributed by atoms with E-state index in [9.17, 15) is 0 Å². The van der Waals surface area contributed by atoms with E-state index >= 15 is 0 Å². The van der Waals surface area contributed by atoms with E-state index in [0.717, 1.165) is 29.3 Å². The fourth-order valence-corrected chi connectivity index (χ4v) is 3.37. The summed E-state index contributed by atoms with van der Waals surface area (Å²) in [5, 5.41) is 3.64. The Morgan fingerprint density at radius 1 is 1.24 bits per heavy atom. The second-order valence-corrected chi connectivity index (χ2v) is 7.51. The van der Waals surface area contributed by atoms with Crippen molar-refractivity contribution in [2.45, 2.75) is 58.4 Å². The summed E-state index contributed by atoms with van der Waals surface area (Å²) in [5.74, 6) is 2.41. The van der Waals surface area contributed by atoms with Gasteiger partial charge in [-0.1, -0.05) is 36.7 Å². The average Bonchev–Trinajstić information content (AvgIpc) is 2.46. The number of halogens is 1. The highest BCUT2D eigenvalue weighted by Gasteiger charge is 2.17. The van der Waals surface area contributed by atoms with Crippen molar-refractivity contribution in [1.82, 2.24) is 5.32 Å². The molecule has 21 heavy (non-hydrogen) atoms. The Labute approximate surface area is 137 Å². The lowest BCUT2D eigenvalue weighted by molar-refractivity contribution is 0.268. The van der Waals surface area contributed by atoms with Crippen molar-refractivity contribution in [3.63, 3.8) is 0 Å². The van der Waals surface area contributed by atoms with Gasteiger partial charge >= 0.3 is 0 Å². The Hall–Kier alpha value is -0.540. The van der Waals surface area contributed by atoms with Crippen molar-refractivity contribution in [2.24, 2.45) is 5.92 Å². The molecular formula is C18H28BrNO. The topological polar surface area (TPSA) is 21.3 Å². The fraction of sp³-hybridized carbons (Fsp3) is 0.667. The molecule has 0 amide bonds. The van der Waals surface area contributed by atoms with Gasteiger partial charge in [0.05, 0.1) is 0 Å². The van der Waals surface area contributed by atoms with Crippen LogP contribution in [-0.4, -0.2) is 19.2 Å². The molecule has 1 aliphatic carbocycles. The highest BCUT2D eigenvalue weighted by atomic mass is 79.9. The molecule has 0 aromatic heterocycles. The molecule has 0 unspecified atom stereocenters. The molecule has 0 aliphatic heterocycles. The predicted molar refractivity (Wildman–Crippen MR) is 93.1 cm³/mol. The minimum Gasteiger partial charge on any atom is -0.492 e. The van der Waals surface area contributed by atoms with Crippen molar-refractivity contribution >= 4 is 15.9 Å². The van der Waals surface area contributed by atoms with Crippen LogP contribution in [-0.2, 0) is 0 Å². The molecule has 1 aliphatic rings. The van der Waals surface area contributed by atoms with Gasteiger partial charge in [-0.15, -0.1) is 0 Å². The van der Waals surface area contributed by atoms with Crippen molar-refractivity contribution in [3.05, 3.63) is 28.2 Å². The van der Waals surface area contributed by atoms with E-state index in [2.05, 4.69) is 60.2 Å². The maximum Gasteiger partial charge on any atom is 0.122 e. The van der Waals surface area contributed by atoms with Crippen LogP contribution in [0, 0.1) is 5.92 Å². The fourth-order valence-electron chi connectivity index (χ4n) is 2.99. The smallest absolute Gasteiger partial charge is 0.122 e. The first-order valence-corrected chi connectivity index (χ1v) is 9.01. The van der Waals surface area contributed by atoms with Crippen LogP contribution in [0.2, 0.25) is 0 Å². The molecule has 0 radical (unpaired) electrons. The zero-order valence-corrected chi connectivity index (χ0v) is 15.1. The number of hydrogen-bond donors (Lipinski definition) is 1. The molecule has 2 nitrogen and oxygen atoms in total. The van der Waals surface area contributed by atoms with Gasteiger partial charge in [-0.25, -0.2) is 0 Å². The van der Waals surface area contributed by atoms with E-state index in [1.165, 1.54) is 31.2 Å². The van der Waals surface area contributed by atoms with Crippen molar-refractivity contribution < 1.29 is 4.74 Å². The first-order valence-electron chi connectivity index (χ1n) is 8.22. The van der Waals surface area contributed by atoms with Gasteiger partial charge in [0.25, 0.3) is 0 Å². The van der Waals surface area contributed by atoms with Crippen LogP contribution in [0.4, 0.5) is 0 Å². The van der Waals surface area contributed by atoms with Crippen molar-refractivity contribution in [2.75, 3.05) is 13.2 Å². The normalized spacial score (nSPS) is 22.5. The standard InChI is InChI=1S/C18H28BrNO/c1-13(2)17-12-15(19)6-9-18(17)21-11-10-20-16-7-4-14(3)5-8-16/h6,9,12-14,16,20H,4-5,7-8,10-11H2,1-3H3. The van der Waals surface area contributed by atoms with Crippen LogP contribution < -0.4 is 10.1 Å². The molecule has 118 valence electrons. The molecule has 1 aromatic carbocycles. The highest BCUT2D eigenvalue weighted by molar-refractivity contribution is 9.10. The van der Waals surface area contributed by atoms with Crippen LogP contribution in [0.5, 0.6) is 5.75 Å². The molecule has 0 saturated heterocycles. The molecule has 0 heterocycles. The van der Waals surface area contributed by atoms with Crippen LogP contribution in [0.15, 0.2) is 22.7 Å². The molecule has 1 saturated carbocycles. The lowest BCUT2D eigenvalue weighted by atomic mass is 9.87. The number of nitrogens with one attached hydrogen (secondary N) is 1. The van der Waals surface area contributed by atoms with Crippen LogP contribution in [0.1, 0.15) is 57.9 Å². The predicted octanol–water partition coefficient (Wildman–Crippen LogP) is 5.12. The van der Waals surface area contributed by atoms with E-state index in [1.807, 2.05) is 0 Å². The van der Waals surface area contributed by atoms with Crippen molar-refractivity contribution in [1.29, 1.82) is 0 Å². The second kappa shape index (κ2) is 8.19. The maximum absolute atomic E-state index is 5.98. The van der Waals surface area contributed by atoms with Gasteiger partial charge in [-0.05, 0) is 61.3 Å². The number of rotatable bonds is 6. The molecule has 1 N–H and O–H groups in total. The van der Waals surface area contributed by atoms with Crippen molar-refractivity contribution in [3.8, 4) is 5.75 Å². The molecular weight excluding hydrogens is 326 g/mol. The summed E-state index contributed by atoms with van der Waals surface area (Å²) in [6.07, 6.45) is 5.36. The monoisotopic (exact) mass is 353 g/mol. The summed E-state index contributed by atoms with van der Waals surface area (Å²) in [6.45, 7) is 8.45. The molecule has 1 fully saturated rings. The zero-order valence-electron chi connectivity index (χ0n) is 13.5. The van der Waals surface area contributed by atoms with Gasteiger partial charge in [0.2, 0.25) is 0 Å². The van der Waals surface area contributed by atoms with Crippen LogP contribution >= 0.6 is 15.9 Å². The van der Waals surface area contributed by atoms with E-state index in [4.69, 9.17) is 4.74 Å². The van der Waals surface area contributed by atoms with Gasteiger partial charge in [0.1, 0.15) is 12.4 Å². The minimum absolute atomic E-state index is 0.477. The summed E-state index contributed by atoms with van der Waals surface area (Å²) in [4.78, 5) is 0. The Morgan fingerprint density at radius 2 is 1.95 bits per heavy atom. The number of hydrogen-bond acceptors (Lipinski definition) is 2. The Morgan fingerprint density at radius 3 is 2.62 bits per heavy atom.